The number of benzene rings is 2. The quantitative estimate of drug-likeness (QED) is 0.790. The highest BCUT2D eigenvalue weighted by Gasteiger charge is 2.16. The molecule has 0 aliphatic carbocycles. The number of hydrogen-bond acceptors (Lipinski definition) is 2. The van der Waals surface area contributed by atoms with Crippen LogP contribution < -0.4 is 5.32 Å². The van der Waals surface area contributed by atoms with E-state index >= 15 is 0 Å². The molecule has 0 fully saturated rings. The van der Waals surface area contributed by atoms with Crippen LogP contribution >= 0.6 is 11.6 Å². The molecule has 0 atom stereocenters. The summed E-state index contributed by atoms with van der Waals surface area (Å²) in [6, 6.07) is 11.4. The summed E-state index contributed by atoms with van der Waals surface area (Å²) in [4.78, 5) is 16.6. The highest BCUT2D eigenvalue weighted by atomic mass is 35.5. The zero-order valence-corrected chi connectivity index (χ0v) is 12.6. The molecule has 0 unspecified atom stereocenters. The number of para-hydroxylation sites is 2. The summed E-state index contributed by atoms with van der Waals surface area (Å²) in [7, 11) is 0. The Morgan fingerprint density at radius 1 is 1.32 bits per heavy atom. The summed E-state index contributed by atoms with van der Waals surface area (Å²) in [6.07, 6.45) is 0. The number of anilines is 1. The smallest absolute Gasteiger partial charge is 0.260 e. The highest BCUT2D eigenvalue weighted by molar-refractivity contribution is 6.31. The van der Waals surface area contributed by atoms with Crippen molar-refractivity contribution in [3.8, 4) is 0 Å². The maximum atomic E-state index is 13.8. The van der Waals surface area contributed by atoms with E-state index in [1.807, 2.05) is 35.8 Å². The molecule has 22 heavy (non-hydrogen) atoms. The topological polar surface area (TPSA) is 46.9 Å². The van der Waals surface area contributed by atoms with E-state index in [-0.39, 0.29) is 5.56 Å². The van der Waals surface area contributed by atoms with Crippen molar-refractivity contribution in [3.05, 3.63) is 58.9 Å². The molecule has 3 aromatic rings. The third kappa shape index (κ3) is 2.55. The maximum absolute atomic E-state index is 13.8. The number of fused-ring (bicyclic) bond motifs is 1. The molecule has 1 aromatic heterocycles. The predicted octanol–water partition coefficient (Wildman–Crippen LogP) is 4.10. The Kier molecular flexibility index (Phi) is 3.81. The van der Waals surface area contributed by atoms with Gasteiger partial charge >= 0.3 is 0 Å². The van der Waals surface area contributed by atoms with Gasteiger partial charge < -0.3 is 4.57 Å². The first-order valence-electron chi connectivity index (χ1n) is 6.82. The SMILES string of the molecule is CCn1c(NC(=O)c2cc(Cl)ccc2F)nc2ccccc21. The average Bonchev–Trinajstić information content (AvgIpc) is 2.86. The van der Waals surface area contributed by atoms with Crippen LogP contribution in [0.2, 0.25) is 5.02 Å². The molecule has 0 saturated carbocycles. The molecule has 3 rings (SSSR count). The molecule has 1 N–H and O–H groups in total. The van der Waals surface area contributed by atoms with Gasteiger partial charge in [-0.15, -0.1) is 0 Å². The van der Waals surface area contributed by atoms with Gasteiger partial charge in [0.25, 0.3) is 5.91 Å². The number of nitrogens with one attached hydrogen (secondary N) is 1. The number of halogens is 2. The van der Waals surface area contributed by atoms with Crippen molar-refractivity contribution in [1.82, 2.24) is 9.55 Å². The van der Waals surface area contributed by atoms with Crippen molar-refractivity contribution in [2.45, 2.75) is 13.5 Å². The van der Waals surface area contributed by atoms with E-state index in [1.165, 1.54) is 18.2 Å². The number of aryl methyl sites for hydroxylation is 1. The molecule has 4 nitrogen and oxygen atoms in total. The Labute approximate surface area is 131 Å². The molecule has 1 amide bonds. The van der Waals surface area contributed by atoms with Gasteiger partial charge in [-0.05, 0) is 37.3 Å². The van der Waals surface area contributed by atoms with E-state index in [0.717, 1.165) is 11.0 Å². The lowest BCUT2D eigenvalue weighted by Gasteiger charge is -2.08. The Morgan fingerprint density at radius 3 is 2.86 bits per heavy atom. The van der Waals surface area contributed by atoms with Gasteiger partial charge in [-0.25, -0.2) is 9.37 Å². The molecule has 0 spiro atoms. The molecular weight excluding hydrogens is 305 g/mol. The second-order valence-corrected chi connectivity index (χ2v) is 5.18. The van der Waals surface area contributed by atoms with Gasteiger partial charge in [0.15, 0.2) is 0 Å². The lowest BCUT2D eigenvalue weighted by molar-refractivity contribution is 0.102. The minimum absolute atomic E-state index is 0.109. The normalized spacial score (nSPS) is 10.9. The summed E-state index contributed by atoms with van der Waals surface area (Å²) in [5.74, 6) is -0.820. The van der Waals surface area contributed by atoms with Gasteiger partial charge in [0.2, 0.25) is 5.95 Å². The predicted molar refractivity (Wildman–Crippen MR) is 84.8 cm³/mol. The van der Waals surface area contributed by atoms with Crippen LogP contribution in [0.5, 0.6) is 0 Å². The monoisotopic (exact) mass is 317 g/mol. The van der Waals surface area contributed by atoms with Crippen LogP contribution in [-0.2, 0) is 6.54 Å². The third-order valence-electron chi connectivity index (χ3n) is 3.37. The number of amides is 1. The summed E-state index contributed by atoms with van der Waals surface area (Å²) in [6.45, 7) is 2.58. The average molecular weight is 318 g/mol. The van der Waals surface area contributed by atoms with E-state index in [9.17, 15) is 9.18 Å². The standard InChI is InChI=1S/C16H13ClFN3O/c1-2-21-14-6-4-3-5-13(14)19-16(21)20-15(22)11-9-10(17)7-8-12(11)18/h3-9H,2H2,1H3,(H,19,20,22). The fourth-order valence-electron chi connectivity index (χ4n) is 2.33. The minimum Gasteiger partial charge on any atom is -0.310 e. The molecule has 112 valence electrons. The second-order valence-electron chi connectivity index (χ2n) is 4.75. The van der Waals surface area contributed by atoms with Gasteiger partial charge in [-0.1, -0.05) is 23.7 Å². The molecule has 6 heteroatoms. The summed E-state index contributed by atoms with van der Waals surface area (Å²) >= 11 is 5.82. The minimum atomic E-state index is -0.624. The Hall–Kier alpha value is -2.40. The van der Waals surface area contributed by atoms with E-state index in [1.54, 1.807) is 0 Å². The van der Waals surface area contributed by atoms with Crippen LogP contribution in [0.25, 0.3) is 11.0 Å². The van der Waals surface area contributed by atoms with Crippen LogP contribution in [0.3, 0.4) is 0 Å². The van der Waals surface area contributed by atoms with Crippen LogP contribution in [0.4, 0.5) is 10.3 Å². The number of rotatable bonds is 3. The van der Waals surface area contributed by atoms with Gasteiger partial charge in [0.1, 0.15) is 5.82 Å². The van der Waals surface area contributed by atoms with Gasteiger partial charge in [0.05, 0.1) is 16.6 Å². The molecule has 1 heterocycles. The molecular formula is C16H13ClFN3O. The fraction of sp³-hybridized carbons (Fsp3) is 0.125. The largest absolute Gasteiger partial charge is 0.310 e. The molecule has 2 aromatic carbocycles. The van der Waals surface area contributed by atoms with Crippen LogP contribution in [-0.4, -0.2) is 15.5 Å². The molecule has 0 aliphatic heterocycles. The van der Waals surface area contributed by atoms with Crippen molar-refractivity contribution >= 4 is 34.5 Å². The first-order valence-corrected chi connectivity index (χ1v) is 7.19. The molecule has 0 aliphatic rings. The second kappa shape index (κ2) is 5.77. The highest BCUT2D eigenvalue weighted by Crippen LogP contribution is 2.21. The van der Waals surface area contributed by atoms with Gasteiger partial charge in [0, 0.05) is 11.6 Å². The van der Waals surface area contributed by atoms with Crippen molar-refractivity contribution in [1.29, 1.82) is 0 Å². The van der Waals surface area contributed by atoms with Crippen molar-refractivity contribution < 1.29 is 9.18 Å². The Balaban J connectivity index is 1.99. The van der Waals surface area contributed by atoms with Crippen molar-refractivity contribution in [2.24, 2.45) is 0 Å². The maximum Gasteiger partial charge on any atom is 0.260 e. The van der Waals surface area contributed by atoms with Gasteiger partial charge in [-0.2, -0.15) is 0 Å². The number of hydrogen-bond donors (Lipinski definition) is 1. The summed E-state index contributed by atoms with van der Waals surface area (Å²) < 4.78 is 15.6. The van der Waals surface area contributed by atoms with Crippen molar-refractivity contribution in [3.63, 3.8) is 0 Å². The van der Waals surface area contributed by atoms with E-state index in [2.05, 4.69) is 10.3 Å². The van der Waals surface area contributed by atoms with E-state index < -0.39 is 11.7 Å². The van der Waals surface area contributed by atoms with E-state index in [4.69, 9.17) is 11.6 Å². The number of aromatic nitrogens is 2. The van der Waals surface area contributed by atoms with Crippen LogP contribution in [0.1, 0.15) is 17.3 Å². The summed E-state index contributed by atoms with van der Waals surface area (Å²) in [5.41, 5.74) is 1.57. The number of carbonyl (C=O) groups is 1. The lowest BCUT2D eigenvalue weighted by Crippen LogP contribution is -2.17. The number of carbonyl (C=O) groups excluding carboxylic acids is 1. The fourth-order valence-corrected chi connectivity index (χ4v) is 2.50. The molecule has 0 radical (unpaired) electrons. The van der Waals surface area contributed by atoms with Crippen LogP contribution in [0, 0.1) is 5.82 Å². The first-order chi connectivity index (χ1) is 10.6. The lowest BCUT2D eigenvalue weighted by atomic mass is 10.2. The molecule has 0 bridgehead atoms. The van der Waals surface area contributed by atoms with Gasteiger partial charge in [-0.3, -0.25) is 10.1 Å². The van der Waals surface area contributed by atoms with Crippen molar-refractivity contribution in [2.75, 3.05) is 5.32 Å². The Morgan fingerprint density at radius 2 is 2.09 bits per heavy atom. The third-order valence-corrected chi connectivity index (χ3v) is 3.60. The number of imidazole rings is 1. The zero-order valence-electron chi connectivity index (χ0n) is 11.8. The molecule has 0 saturated heterocycles. The zero-order chi connectivity index (χ0) is 15.7. The van der Waals surface area contributed by atoms with Crippen LogP contribution in [0.15, 0.2) is 42.5 Å². The van der Waals surface area contributed by atoms with E-state index in [0.29, 0.717) is 17.5 Å². The number of nitrogens with zero attached hydrogens (tertiary/aromatic N) is 2. The summed E-state index contributed by atoms with van der Waals surface area (Å²) in [5, 5.41) is 2.95. The Bertz CT molecular complexity index is 860. The first kappa shape index (κ1) is 14.5.